The summed E-state index contributed by atoms with van der Waals surface area (Å²) in [5.41, 5.74) is 2.07. The molecule has 10 atom stereocenters. The highest BCUT2D eigenvalue weighted by molar-refractivity contribution is 5.77. The molecule has 3 aliphatic rings. The van der Waals surface area contributed by atoms with Crippen LogP contribution in [0.2, 0.25) is 0 Å². The maximum absolute atomic E-state index is 13.0. The Balaban J connectivity index is 1.67. The van der Waals surface area contributed by atoms with E-state index in [0.29, 0.717) is 44.3 Å². The van der Waals surface area contributed by atoms with Crippen LogP contribution in [-0.2, 0) is 70.0 Å². The molecule has 0 unspecified atom stereocenters. The van der Waals surface area contributed by atoms with Gasteiger partial charge < -0.3 is 43.0 Å². The van der Waals surface area contributed by atoms with Crippen molar-refractivity contribution in [1.82, 2.24) is 0 Å². The average molecular weight is 720 g/mol. The van der Waals surface area contributed by atoms with Gasteiger partial charge in [-0.1, -0.05) is 12.1 Å². The number of methoxy groups -OCH3 is 2. The van der Waals surface area contributed by atoms with E-state index in [4.69, 9.17) is 37.9 Å². The summed E-state index contributed by atoms with van der Waals surface area (Å²) < 4.78 is 44.9. The largest absolute Gasteiger partial charge is 0.482 e. The van der Waals surface area contributed by atoms with E-state index in [-0.39, 0.29) is 24.4 Å². The van der Waals surface area contributed by atoms with Crippen molar-refractivity contribution in [2.24, 2.45) is 17.8 Å². The second-order valence-corrected chi connectivity index (χ2v) is 13.4. The highest BCUT2D eigenvalue weighted by atomic mass is 16.7. The summed E-state index contributed by atoms with van der Waals surface area (Å²) in [6.07, 6.45) is -2.19. The van der Waals surface area contributed by atoms with Gasteiger partial charge in [-0.3, -0.25) is 14.4 Å². The molecule has 0 amide bonds. The Morgan fingerprint density at radius 2 is 1.59 bits per heavy atom. The second kappa shape index (κ2) is 18.6. The van der Waals surface area contributed by atoms with Gasteiger partial charge >= 0.3 is 29.8 Å². The lowest BCUT2D eigenvalue weighted by molar-refractivity contribution is -0.313. The van der Waals surface area contributed by atoms with Crippen molar-refractivity contribution in [3.63, 3.8) is 0 Å². The van der Waals surface area contributed by atoms with Gasteiger partial charge in [-0.15, -0.1) is 0 Å². The van der Waals surface area contributed by atoms with Crippen LogP contribution < -0.4 is 4.74 Å². The smallest absolute Gasteiger partial charge is 0.343 e. The van der Waals surface area contributed by atoms with Crippen molar-refractivity contribution in [3.8, 4) is 5.75 Å². The van der Waals surface area contributed by atoms with E-state index < -0.39 is 72.8 Å². The Hall–Kier alpha value is -3.88. The van der Waals surface area contributed by atoms with Gasteiger partial charge in [0.2, 0.25) is 0 Å². The lowest BCUT2D eigenvalue weighted by atomic mass is 9.73. The normalized spacial score (nSPS) is 28.7. The molecule has 1 saturated carbocycles. The predicted octanol–water partition coefficient (Wildman–Crippen LogP) is 3.20. The fourth-order valence-corrected chi connectivity index (χ4v) is 7.71. The van der Waals surface area contributed by atoms with Crippen molar-refractivity contribution < 1.29 is 67.0 Å². The summed E-state index contributed by atoms with van der Waals surface area (Å²) in [7, 11) is 2.43. The summed E-state index contributed by atoms with van der Waals surface area (Å²) in [5, 5.41) is 10.9. The number of hydrogen-bond acceptors (Lipinski definition) is 14. The van der Waals surface area contributed by atoms with E-state index in [1.807, 2.05) is 18.2 Å². The molecule has 1 aromatic carbocycles. The van der Waals surface area contributed by atoms with E-state index in [1.165, 1.54) is 7.11 Å². The third kappa shape index (κ3) is 10.4. The molecule has 0 spiro atoms. The van der Waals surface area contributed by atoms with Crippen LogP contribution in [0.15, 0.2) is 18.2 Å². The maximum Gasteiger partial charge on any atom is 0.343 e. The molecular weight excluding hydrogens is 668 g/mol. The Morgan fingerprint density at radius 1 is 0.902 bits per heavy atom. The summed E-state index contributed by atoms with van der Waals surface area (Å²) in [6, 6.07) is 5.75. The number of aliphatic hydroxyl groups excluding tert-OH is 1. The number of carbonyl (C=O) groups excluding carboxylic acids is 5. The maximum atomic E-state index is 13.0. The van der Waals surface area contributed by atoms with Crippen LogP contribution >= 0.6 is 0 Å². The Morgan fingerprint density at radius 3 is 2.24 bits per heavy atom. The molecule has 0 radical (unpaired) electrons. The fourth-order valence-electron chi connectivity index (χ4n) is 7.71. The van der Waals surface area contributed by atoms with Crippen molar-refractivity contribution in [1.29, 1.82) is 0 Å². The van der Waals surface area contributed by atoms with E-state index in [2.05, 4.69) is 6.92 Å². The lowest BCUT2D eigenvalue weighted by Crippen LogP contribution is -2.64. The number of aliphatic hydroxyl groups is 1. The minimum Gasteiger partial charge on any atom is -0.482 e. The van der Waals surface area contributed by atoms with Gasteiger partial charge in [-0.05, 0) is 86.3 Å². The number of hydrogen-bond donors (Lipinski definition) is 1. The van der Waals surface area contributed by atoms with Crippen molar-refractivity contribution >= 4 is 29.8 Å². The molecule has 14 heteroatoms. The molecule has 1 heterocycles. The molecule has 4 rings (SSSR count). The Kier molecular flexibility index (Phi) is 14.5. The zero-order chi connectivity index (χ0) is 37.2. The number of carbonyl (C=O) groups is 5. The van der Waals surface area contributed by atoms with E-state index in [0.717, 1.165) is 58.3 Å². The Labute approximate surface area is 298 Å². The quantitative estimate of drug-likeness (QED) is 0.114. The van der Waals surface area contributed by atoms with Gasteiger partial charge in [-0.25, -0.2) is 9.59 Å². The highest BCUT2D eigenvalue weighted by Gasteiger charge is 2.57. The van der Waals surface area contributed by atoms with Gasteiger partial charge in [0.25, 0.3) is 0 Å². The van der Waals surface area contributed by atoms with Crippen LogP contribution in [0.3, 0.4) is 0 Å². The summed E-state index contributed by atoms with van der Waals surface area (Å²) in [4.78, 5) is 61.7. The second-order valence-electron chi connectivity index (χ2n) is 13.4. The number of esters is 5. The van der Waals surface area contributed by atoms with Gasteiger partial charge in [-0.2, -0.15) is 0 Å². The Bertz CT molecular complexity index is 1380. The molecule has 282 valence electrons. The molecule has 0 bridgehead atoms. The molecule has 1 N–H and O–H groups in total. The van der Waals surface area contributed by atoms with Gasteiger partial charge in [0.15, 0.2) is 37.3 Å². The van der Waals surface area contributed by atoms with E-state index >= 15 is 0 Å². The SMILES string of the molecule is [CH2+]CCCC[C@H](O)CC[C@@H]1[C@H]2Cc3cccc(OCC(=O)OC)c3C[C@H]2C[C@H]1O[C@@H]1O[C@H](C(=O)OC)[C@@H](OC(C)=O)[C@H](OC(C)=O)[C@H]1OC(C)=O. The monoisotopic (exact) mass is 719 g/mol. The van der Waals surface area contributed by atoms with Crippen LogP contribution in [0.4, 0.5) is 0 Å². The molecule has 1 saturated heterocycles. The fraction of sp³-hybridized carbons (Fsp3) is 0.676. The van der Waals surface area contributed by atoms with Crippen molar-refractivity contribution in [2.75, 3.05) is 20.8 Å². The topological polar surface area (TPSA) is 179 Å². The molecule has 1 aromatic rings. The zero-order valence-corrected chi connectivity index (χ0v) is 30.0. The molecule has 2 fully saturated rings. The molecule has 0 aromatic heterocycles. The molecule has 51 heavy (non-hydrogen) atoms. The average Bonchev–Trinajstić information content (AvgIpc) is 3.41. The van der Waals surface area contributed by atoms with Crippen LogP contribution in [0.25, 0.3) is 0 Å². The minimum atomic E-state index is -1.57. The molecule has 1 aliphatic heterocycles. The van der Waals surface area contributed by atoms with E-state index in [1.54, 1.807) is 0 Å². The predicted molar refractivity (Wildman–Crippen MR) is 178 cm³/mol. The standard InChI is InChI=1S/C37H51O14/c1-7-8-9-12-25(41)14-15-26-27-16-23-11-10-13-29(46-19-31(42)44-5)28(23)17-24(27)18-30(26)50-37-35(49-22(4)40)33(48-21(3)39)32(47-20(2)38)34(51-37)36(43)45-6/h10-11,13,24-27,30,32-35,37,41H,1,7-9,12,14-19H2,2-6H3/q+1/t24-,25-,26+,27-,30+,32-,33-,34-,35+,37+/m0/s1. The summed E-state index contributed by atoms with van der Waals surface area (Å²) in [6.45, 7) is 7.07. The third-order valence-corrected chi connectivity index (χ3v) is 9.91. The molecule has 14 nitrogen and oxygen atoms in total. The number of benzene rings is 1. The minimum absolute atomic E-state index is 0.0955. The summed E-state index contributed by atoms with van der Waals surface area (Å²) >= 11 is 0. The molecular formula is C37H51O14+. The van der Waals surface area contributed by atoms with E-state index in [9.17, 15) is 29.1 Å². The van der Waals surface area contributed by atoms with Crippen LogP contribution in [0.1, 0.15) is 76.8 Å². The number of rotatable bonds is 16. The van der Waals surface area contributed by atoms with Gasteiger partial charge in [0.05, 0.1) is 39.8 Å². The number of fused-ring (bicyclic) bond motifs is 2. The van der Waals surface area contributed by atoms with Gasteiger partial charge in [0.1, 0.15) is 5.75 Å². The first-order valence-corrected chi connectivity index (χ1v) is 17.5. The van der Waals surface area contributed by atoms with Crippen LogP contribution in [0, 0.1) is 24.7 Å². The van der Waals surface area contributed by atoms with Crippen LogP contribution in [0.5, 0.6) is 5.75 Å². The zero-order valence-electron chi connectivity index (χ0n) is 30.0. The molecule has 2 aliphatic carbocycles. The lowest BCUT2D eigenvalue weighted by Gasteiger charge is -2.44. The van der Waals surface area contributed by atoms with Crippen LogP contribution in [-0.4, -0.2) is 98.7 Å². The van der Waals surface area contributed by atoms with Crippen molar-refractivity contribution in [2.45, 2.75) is 121 Å². The number of ether oxygens (including phenoxy) is 8. The van der Waals surface area contributed by atoms with Crippen molar-refractivity contribution in [3.05, 3.63) is 36.2 Å². The summed E-state index contributed by atoms with van der Waals surface area (Å²) in [5.74, 6) is -2.99. The highest BCUT2D eigenvalue weighted by Crippen LogP contribution is 2.50. The first-order chi connectivity index (χ1) is 24.4. The van der Waals surface area contributed by atoms with Gasteiger partial charge in [0, 0.05) is 20.8 Å². The third-order valence-electron chi connectivity index (χ3n) is 9.91. The first-order valence-electron chi connectivity index (χ1n) is 17.5. The number of unbranched alkanes of at least 4 members (excludes halogenated alkanes) is 2. The first kappa shape index (κ1) is 39.9.